The first-order valence-electron chi connectivity index (χ1n) is 7.52. The second-order valence-corrected chi connectivity index (χ2v) is 6.38. The van der Waals surface area contributed by atoms with Crippen molar-refractivity contribution in [3.63, 3.8) is 0 Å². The number of hydrogen-bond acceptors (Lipinski definition) is 5. The van der Waals surface area contributed by atoms with Crippen molar-refractivity contribution < 1.29 is 18.0 Å². The van der Waals surface area contributed by atoms with Crippen LogP contribution >= 0.6 is 11.8 Å². The van der Waals surface area contributed by atoms with Crippen LogP contribution in [0.2, 0.25) is 0 Å². The number of nitrogens with two attached hydrogens (primary N) is 1. The van der Waals surface area contributed by atoms with Crippen LogP contribution in [0.3, 0.4) is 0 Å². The molecule has 2 aromatic rings. The molecule has 0 unspecified atom stereocenters. The molecule has 2 rings (SSSR count). The van der Waals surface area contributed by atoms with Crippen molar-refractivity contribution in [2.75, 3.05) is 16.9 Å². The van der Waals surface area contributed by atoms with Crippen molar-refractivity contribution in [1.29, 1.82) is 0 Å². The lowest BCUT2D eigenvalue weighted by atomic mass is 9.99. The first kappa shape index (κ1) is 19.1. The van der Waals surface area contributed by atoms with Crippen LogP contribution in [0.25, 0.3) is 0 Å². The van der Waals surface area contributed by atoms with Crippen molar-refractivity contribution >= 4 is 23.4 Å². The highest BCUT2D eigenvalue weighted by Crippen LogP contribution is 2.29. The Kier molecular flexibility index (Phi) is 5.93. The molecule has 6 nitrogen and oxygen atoms in total. The molecule has 0 aliphatic rings. The van der Waals surface area contributed by atoms with Crippen molar-refractivity contribution in [2.24, 2.45) is 0 Å². The van der Waals surface area contributed by atoms with Crippen LogP contribution in [-0.2, 0) is 11.0 Å². The minimum absolute atomic E-state index is 0.139. The fraction of sp³-hybridized carbons (Fsp3) is 0.400. The van der Waals surface area contributed by atoms with Crippen LogP contribution in [0.1, 0.15) is 37.6 Å². The fourth-order valence-electron chi connectivity index (χ4n) is 2.03. The minimum atomic E-state index is -4.69. The van der Waals surface area contributed by atoms with Gasteiger partial charge >= 0.3 is 6.18 Å². The fourth-order valence-corrected chi connectivity index (χ4v) is 2.68. The highest BCUT2D eigenvalue weighted by molar-refractivity contribution is 7.99. The molecule has 0 saturated heterocycles. The number of halogens is 3. The number of alkyl halides is 3. The summed E-state index contributed by atoms with van der Waals surface area (Å²) in [6.07, 6.45) is -3.68. The maximum Gasteiger partial charge on any atom is 0.453 e. The van der Waals surface area contributed by atoms with Gasteiger partial charge in [0.05, 0.1) is 5.75 Å². The molecule has 0 spiro atoms. The quantitative estimate of drug-likeness (QED) is 0.600. The number of aromatic nitrogens is 3. The molecule has 0 aliphatic carbocycles. The summed E-state index contributed by atoms with van der Waals surface area (Å²) in [4.78, 5) is 11.9. The number of amides is 1. The first-order chi connectivity index (χ1) is 11.7. The number of nitrogen functional groups attached to an aromatic ring is 1. The van der Waals surface area contributed by atoms with E-state index in [4.69, 9.17) is 5.84 Å². The molecule has 1 aromatic carbocycles. The predicted molar refractivity (Wildman–Crippen MR) is 89.7 cm³/mol. The van der Waals surface area contributed by atoms with Crippen LogP contribution in [-0.4, -0.2) is 26.5 Å². The summed E-state index contributed by atoms with van der Waals surface area (Å²) < 4.78 is 38.0. The van der Waals surface area contributed by atoms with Gasteiger partial charge in [0.1, 0.15) is 0 Å². The smallest absolute Gasteiger partial charge is 0.335 e. The highest BCUT2D eigenvalue weighted by Gasteiger charge is 2.38. The summed E-state index contributed by atoms with van der Waals surface area (Å²) >= 11 is 0.775. The lowest BCUT2D eigenvalue weighted by Gasteiger charge is -2.10. The van der Waals surface area contributed by atoms with E-state index in [1.807, 2.05) is 12.1 Å². The lowest BCUT2D eigenvalue weighted by molar-refractivity contribution is -0.146. The minimum Gasteiger partial charge on any atom is -0.335 e. The molecule has 0 saturated carbocycles. The van der Waals surface area contributed by atoms with E-state index in [2.05, 4.69) is 29.4 Å². The highest BCUT2D eigenvalue weighted by atomic mass is 32.2. The van der Waals surface area contributed by atoms with E-state index < -0.39 is 12.0 Å². The van der Waals surface area contributed by atoms with E-state index in [1.165, 1.54) is 5.56 Å². The summed E-state index contributed by atoms with van der Waals surface area (Å²) in [6.45, 7) is 4.21. The molecule has 0 bridgehead atoms. The topological polar surface area (TPSA) is 85.8 Å². The maximum atomic E-state index is 12.6. The number of anilines is 1. The molecule has 1 aromatic heterocycles. The number of nitrogens with one attached hydrogen (secondary N) is 1. The molecule has 0 fully saturated rings. The van der Waals surface area contributed by atoms with E-state index in [-0.39, 0.29) is 16.8 Å². The first-order valence-corrected chi connectivity index (χ1v) is 8.51. The van der Waals surface area contributed by atoms with Crippen molar-refractivity contribution in [3.05, 3.63) is 35.7 Å². The van der Waals surface area contributed by atoms with Gasteiger partial charge in [-0.3, -0.25) is 4.79 Å². The number of benzene rings is 1. The average Bonchev–Trinajstić information content (AvgIpc) is 2.94. The Morgan fingerprint density at radius 3 is 2.48 bits per heavy atom. The molecule has 3 N–H and O–H groups in total. The van der Waals surface area contributed by atoms with Crippen molar-refractivity contribution in [2.45, 2.75) is 37.5 Å². The van der Waals surface area contributed by atoms with E-state index >= 15 is 0 Å². The van der Waals surface area contributed by atoms with Crippen molar-refractivity contribution in [3.8, 4) is 0 Å². The van der Waals surface area contributed by atoms with Crippen molar-refractivity contribution in [1.82, 2.24) is 14.9 Å². The van der Waals surface area contributed by atoms with Gasteiger partial charge in [0.15, 0.2) is 0 Å². The van der Waals surface area contributed by atoms with E-state index in [0.29, 0.717) is 16.3 Å². The molecular formula is C15H18F3N5OS. The molecule has 1 heterocycles. The summed E-state index contributed by atoms with van der Waals surface area (Å²) in [5.74, 6) is 3.91. The number of hydrogen-bond donors (Lipinski definition) is 2. The predicted octanol–water partition coefficient (Wildman–Crippen LogP) is 3.26. The summed E-state index contributed by atoms with van der Waals surface area (Å²) in [6, 6.07) is 7.45. The largest absolute Gasteiger partial charge is 0.453 e. The van der Waals surface area contributed by atoms with Gasteiger partial charge in [-0.15, -0.1) is 10.2 Å². The van der Waals surface area contributed by atoms with Gasteiger partial charge in [-0.25, -0.2) is 4.68 Å². The zero-order chi connectivity index (χ0) is 18.6. The molecule has 0 aliphatic heterocycles. The SMILES string of the molecule is CC[C@H](C)c1ccc(NC(=O)CSc2nnc(C(F)(F)F)n2N)cc1. The monoisotopic (exact) mass is 373 g/mol. The van der Waals surface area contributed by atoms with Gasteiger partial charge < -0.3 is 11.2 Å². The third-order valence-corrected chi connectivity index (χ3v) is 4.57. The zero-order valence-corrected chi connectivity index (χ0v) is 14.5. The Hall–Kier alpha value is -2.23. The van der Waals surface area contributed by atoms with E-state index in [0.717, 1.165) is 18.2 Å². The molecule has 136 valence electrons. The van der Waals surface area contributed by atoms with Crippen LogP contribution in [0.5, 0.6) is 0 Å². The molecule has 10 heteroatoms. The third-order valence-electron chi connectivity index (χ3n) is 3.63. The number of thioether (sulfide) groups is 1. The number of rotatable bonds is 6. The number of carbonyl (C=O) groups is 1. The van der Waals surface area contributed by atoms with Crippen LogP contribution < -0.4 is 11.2 Å². The second-order valence-electron chi connectivity index (χ2n) is 5.44. The Balaban J connectivity index is 1.92. The molecule has 1 amide bonds. The summed E-state index contributed by atoms with van der Waals surface area (Å²) in [5, 5.41) is 8.83. The van der Waals surface area contributed by atoms with Gasteiger partial charge in [0, 0.05) is 5.69 Å². The zero-order valence-electron chi connectivity index (χ0n) is 13.7. The van der Waals surface area contributed by atoms with E-state index in [9.17, 15) is 18.0 Å². The van der Waals surface area contributed by atoms with E-state index in [1.54, 1.807) is 12.1 Å². The Morgan fingerprint density at radius 1 is 1.32 bits per heavy atom. The van der Waals surface area contributed by atoms with Crippen LogP contribution in [0, 0.1) is 0 Å². The van der Waals surface area contributed by atoms with Gasteiger partial charge in [-0.05, 0) is 30.0 Å². The molecule has 1 atom stereocenters. The van der Waals surface area contributed by atoms with Gasteiger partial charge in [0.25, 0.3) is 5.82 Å². The maximum absolute atomic E-state index is 12.6. The second kappa shape index (κ2) is 7.77. The standard InChI is InChI=1S/C15H18F3N5OS/c1-3-9(2)10-4-6-11(7-5-10)20-12(24)8-25-14-22-21-13(23(14)19)15(16,17)18/h4-7,9H,3,8,19H2,1-2H3,(H,20,24)/t9-/m0/s1. The number of nitrogens with zero attached hydrogens (tertiary/aromatic N) is 3. The molecular weight excluding hydrogens is 355 g/mol. The molecule has 25 heavy (non-hydrogen) atoms. The average molecular weight is 373 g/mol. The normalized spacial score (nSPS) is 12.8. The lowest BCUT2D eigenvalue weighted by Crippen LogP contribution is -2.22. The Bertz CT molecular complexity index is 730. The Labute approximate surface area is 147 Å². The van der Waals surface area contributed by atoms with Crippen LogP contribution in [0.15, 0.2) is 29.4 Å². The number of carbonyl (C=O) groups excluding carboxylic acids is 1. The van der Waals surface area contributed by atoms with Gasteiger partial charge in [-0.2, -0.15) is 13.2 Å². The molecule has 0 radical (unpaired) electrons. The summed E-state index contributed by atoms with van der Waals surface area (Å²) in [5.41, 5.74) is 1.79. The van der Waals surface area contributed by atoms with Crippen LogP contribution in [0.4, 0.5) is 18.9 Å². The van der Waals surface area contributed by atoms with Gasteiger partial charge in [-0.1, -0.05) is 37.7 Å². The third kappa shape index (κ3) is 4.88. The van der Waals surface area contributed by atoms with Gasteiger partial charge in [0.2, 0.25) is 11.1 Å². The summed E-state index contributed by atoms with van der Waals surface area (Å²) in [7, 11) is 0. The Morgan fingerprint density at radius 2 is 1.96 bits per heavy atom.